The van der Waals surface area contributed by atoms with Crippen LogP contribution in [0.5, 0.6) is 5.75 Å². The lowest BCUT2D eigenvalue weighted by Gasteiger charge is -2.13. The lowest BCUT2D eigenvalue weighted by molar-refractivity contribution is -0.109. The van der Waals surface area contributed by atoms with Gasteiger partial charge in [-0.1, -0.05) is 11.6 Å². The van der Waals surface area contributed by atoms with Crippen molar-refractivity contribution in [3.05, 3.63) is 23.0 Å². The van der Waals surface area contributed by atoms with Crippen LogP contribution in [-0.2, 0) is 11.3 Å². The van der Waals surface area contributed by atoms with Crippen LogP contribution in [0, 0.1) is 0 Å². The quantitative estimate of drug-likeness (QED) is 0.600. The van der Waals surface area contributed by atoms with Gasteiger partial charge in [0.2, 0.25) is 6.41 Å². The van der Waals surface area contributed by atoms with Crippen LogP contribution in [0.15, 0.2) is 12.3 Å². The zero-order chi connectivity index (χ0) is 12.8. The molecule has 2 heterocycles. The van der Waals surface area contributed by atoms with Gasteiger partial charge in [0.25, 0.3) is 0 Å². The van der Waals surface area contributed by atoms with E-state index in [-0.39, 0.29) is 0 Å². The van der Waals surface area contributed by atoms with Crippen molar-refractivity contribution in [2.24, 2.45) is 0 Å². The molecule has 2 N–H and O–H groups in total. The second kappa shape index (κ2) is 6.56. The number of rotatable bonds is 6. The van der Waals surface area contributed by atoms with Gasteiger partial charge in [0, 0.05) is 18.2 Å². The third kappa shape index (κ3) is 3.58. The fraction of sp³-hybridized carbons (Fsp3) is 0.500. The maximum absolute atomic E-state index is 10.3. The van der Waals surface area contributed by atoms with Gasteiger partial charge in [-0.3, -0.25) is 4.79 Å². The number of pyridine rings is 1. The second-order valence-corrected chi connectivity index (χ2v) is 4.58. The summed E-state index contributed by atoms with van der Waals surface area (Å²) in [6.07, 6.45) is 4.57. The smallest absolute Gasteiger partial charge is 0.207 e. The number of nitrogens with one attached hydrogen (secondary N) is 2. The standard InChI is InChI=1S/C12H16ClN3O2/c13-12-9(5-14-8-17)4-11(6-16-12)18-7-10-2-1-3-15-10/h4,6,8,10,15H,1-3,5,7H2,(H,14,17). The topological polar surface area (TPSA) is 63.2 Å². The molecule has 1 aromatic heterocycles. The van der Waals surface area contributed by atoms with Crippen LogP contribution in [0.25, 0.3) is 0 Å². The van der Waals surface area contributed by atoms with E-state index in [9.17, 15) is 4.79 Å². The number of aromatic nitrogens is 1. The van der Waals surface area contributed by atoms with E-state index in [4.69, 9.17) is 16.3 Å². The highest BCUT2D eigenvalue weighted by molar-refractivity contribution is 6.30. The van der Waals surface area contributed by atoms with Crippen LogP contribution in [-0.4, -0.2) is 30.6 Å². The van der Waals surface area contributed by atoms with Crippen LogP contribution in [0.3, 0.4) is 0 Å². The minimum atomic E-state index is 0.355. The molecule has 98 valence electrons. The molecular formula is C12H16ClN3O2. The third-order valence-corrected chi connectivity index (χ3v) is 3.22. The van der Waals surface area contributed by atoms with Crippen molar-refractivity contribution in [1.29, 1.82) is 0 Å². The molecule has 1 fully saturated rings. The van der Waals surface area contributed by atoms with Crippen LogP contribution in [0.2, 0.25) is 5.15 Å². The van der Waals surface area contributed by atoms with Gasteiger partial charge in [-0.2, -0.15) is 0 Å². The summed E-state index contributed by atoms with van der Waals surface area (Å²) in [5.41, 5.74) is 0.751. The highest BCUT2D eigenvalue weighted by Crippen LogP contribution is 2.19. The molecule has 1 aromatic rings. The number of amides is 1. The van der Waals surface area contributed by atoms with Gasteiger partial charge in [0.15, 0.2) is 0 Å². The van der Waals surface area contributed by atoms with Crippen molar-refractivity contribution in [1.82, 2.24) is 15.6 Å². The molecule has 1 saturated heterocycles. The normalized spacial score (nSPS) is 18.6. The van der Waals surface area contributed by atoms with Gasteiger partial charge in [-0.15, -0.1) is 0 Å². The highest BCUT2D eigenvalue weighted by Gasteiger charge is 2.14. The molecule has 1 unspecified atom stereocenters. The fourth-order valence-electron chi connectivity index (χ4n) is 1.92. The Morgan fingerprint density at radius 3 is 3.28 bits per heavy atom. The van der Waals surface area contributed by atoms with Gasteiger partial charge in [0.1, 0.15) is 17.5 Å². The SMILES string of the molecule is O=CNCc1cc(OCC2CCCN2)cnc1Cl. The molecule has 0 bridgehead atoms. The minimum absolute atomic E-state index is 0.355. The zero-order valence-corrected chi connectivity index (χ0v) is 10.7. The number of hydrogen-bond donors (Lipinski definition) is 2. The van der Waals surface area contributed by atoms with Gasteiger partial charge >= 0.3 is 0 Å². The molecule has 1 aliphatic rings. The summed E-state index contributed by atoms with van der Waals surface area (Å²) in [5, 5.41) is 6.30. The summed E-state index contributed by atoms with van der Waals surface area (Å²) in [5.74, 6) is 0.677. The first-order chi connectivity index (χ1) is 8.79. The molecule has 0 saturated carbocycles. The fourth-order valence-corrected chi connectivity index (χ4v) is 2.09. The van der Waals surface area contributed by atoms with Crippen LogP contribution in [0.1, 0.15) is 18.4 Å². The van der Waals surface area contributed by atoms with Crippen molar-refractivity contribution in [3.8, 4) is 5.75 Å². The Morgan fingerprint density at radius 2 is 2.56 bits per heavy atom. The maximum Gasteiger partial charge on any atom is 0.207 e. The van der Waals surface area contributed by atoms with E-state index < -0.39 is 0 Å². The summed E-state index contributed by atoms with van der Waals surface area (Å²) in [6.45, 7) is 2.04. The lowest BCUT2D eigenvalue weighted by Crippen LogP contribution is -2.28. The highest BCUT2D eigenvalue weighted by atomic mass is 35.5. The summed E-state index contributed by atoms with van der Waals surface area (Å²) in [7, 11) is 0. The Kier molecular flexibility index (Phi) is 4.78. The molecule has 1 aliphatic heterocycles. The number of carbonyl (C=O) groups excluding carboxylic acids is 1. The van der Waals surface area contributed by atoms with E-state index in [0.29, 0.717) is 36.5 Å². The predicted octanol–water partition coefficient (Wildman–Crippen LogP) is 1.11. The summed E-state index contributed by atoms with van der Waals surface area (Å²) < 4.78 is 5.67. The van der Waals surface area contributed by atoms with E-state index in [1.807, 2.05) is 0 Å². The van der Waals surface area contributed by atoms with Crippen molar-refractivity contribution < 1.29 is 9.53 Å². The molecule has 0 spiro atoms. The molecule has 6 heteroatoms. The minimum Gasteiger partial charge on any atom is -0.490 e. The van der Waals surface area contributed by atoms with E-state index in [2.05, 4.69) is 15.6 Å². The Hall–Kier alpha value is -1.33. The summed E-state index contributed by atoms with van der Waals surface area (Å²) >= 11 is 5.92. The number of nitrogens with zero attached hydrogens (tertiary/aromatic N) is 1. The van der Waals surface area contributed by atoms with Gasteiger partial charge in [-0.25, -0.2) is 4.98 Å². The van der Waals surface area contributed by atoms with Gasteiger partial charge < -0.3 is 15.4 Å². The predicted molar refractivity (Wildman–Crippen MR) is 68.7 cm³/mol. The molecule has 18 heavy (non-hydrogen) atoms. The van der Waals surface area contributed by atoms with Crippen molar-refractivity contribution in [2.45, 2.75) is 25.4 Å². The van der Waals surface area contributed by atoms with E-state index in [0.717, 1.165) is 18.5 Å². The largest absolute Gasteiger partial charge is 0.490 e. The molecule has 1 amide bonds. The summed E-state index contributed by atoms with van der Waals surface area (Å²) in [4.78, 5) is 14.3. The molecule has 2 rings (SSSR count). The van der Waals surface area contributed by atoms with E-state index in [1.54, 1.807) is 12.3 Å². The first-order valence-corrected chi connectivity index (χ1v) is 6.35. The molecule has 1 atom stereocenters. The van der Waals surface area contributed by atoms with Crippen molar-refractivity contribution >= 4 is 18.0 Å². The third-order valence-electron chi connectivity index (χ3n) is 2.88. The number of halogens is 1. The Morgan fingerprint density at radius 1 is 1.67 bits per heavy atom. The Balaban J connectivity index is 1.92. The number of hydrogen-bond acceptors (Lipinski definition) is 4. The Labute approximate surface area is 111 Å². The average Bonchev–Trinajstić information content (AvgIpc) is 2.89. The lowest BCUT2D eigenvalue weighted by atomic mass is 10.2. The number of ether oxygens (including phenoxy) is 1. The monoisotopic (exact) mass is 269 g/mol. The first-order valence-electron chi connectivity index (χ1n) is 5.97. The molecule has 0 aliphatic carbocycles. The summed E-state index contributed by atoms with van der Waals surface area (Å²) in [6, 6.07) is 2.22. The zero-order valence-electron chi connectivity index (χ0n) is 9.99. The van der Waals surface area contributed by atoms with Gasteiger partial charge in [0.05, 0.1) is 6.20 Å². The molecule has 5 nitrogen and oxygen atoms in total. The molecule has 0 radical (unpaired) electrons. The number of carbonyl (C=O) groups is 1. The van der Waals surface area contributed by atoms with Crippen LogP contribution < -0.4 is 15.4 Å². The Bertz CT molecular complexity index is 408. The first kappa shape index (κ1) is 13.1. The van der Waals surface area contributed by atoms with Crippen LogP contribution in [0.4, 0.5) is 0 Å². The molecular weight excluding hydrogens is 254 g/mol. The van der Waals surface area contributed by atoms with Crippen molar-refractivity contribution in [2.75, 3.05) is 13.2 Å². The van der Waals surface area contributed by atoms with Crippen molar-refractivity contribution in [3.63, 3.8) is 0 Å². The average molecular weight is 270 g/mol. The van der Waals surface area contributed by atoms with Gasteiger partial charge in [-0.05, 0) is 25.5 Å². The van der Waals surface area contributed by atoms with E-state index >= 15 is 0 Å². The second-order valence-electron chi connectivity index (χ2n) is 4.22. The maximum atomic E-state index is 10.3. The van der Waals surface area contributed by atoms with E-state index in [1.165, 1.54) is 6.42 Å². The van der Waals surface area contributed by atoms with Crippen LogP contribution >= 0.6 is 11.6 Å². The molecule has 0 aromatic carbocycles.